The number of amides is 1. The summed E-state index contributed by atoms with van der Waals surface area (Å²) in [5.41, 5.74) is 5.41. The molecule has 0 aromatic carbocycles. The van der Waals surface area contributed by atoms with Crippen LogP contribution in [0.2, 0.25) is 0 Å². The monoisotopic (exact) mass is 216 g/mol. The highest BCUT2D eigenvalue weighted by Crippen LogP contribution is 2.04. The van der Waals surface area contributed by atoms with E-state index in [1.165, 1.54) is 0 Å². The lowest BCUT2D eigenvalue weighted by molar-refractivity contribution is -0.134. The third kappa shape index (κ3) is 6.47. The lowest BCUT2D eigenvalue weighted by Gasteiger charge is -2.21. The van der Waals surface area contributed by atoms with E-state index in [9.17, 15) is 4.79 Å². The quantitative estimate of drug-likeness (QED) is 0.686. The van der Waals surface area contributed by atoms with Crippen LogP contribution < -0.4 is 5.73 Å². The van der Waals surface area contributed by atoms with E-state index in [2.05, 4.69) is 0 Å². The van der Waals surface area contributed by atoms with Crippen LogP contribution in [0.4, 0.5) is 0 Å². The Bertz CT molecular complexity index is 183. The van der Waals surface area contributed by atoms with Crippen molar-refractivity contribution in [3.05, 3.63) is 0 Å². The minimum Gasteiger partial charge on any atom is -0.377 e. The summed E-state index contributed by atoms with van der Waals surface area (Å²) in [4.78, 5) is 13.4. The van der Waals surface area contributed by atoms with Crippen molar-refractivity contribution in [3.8, 4) is 0 Å². The fourth-order valence-electron chi connectivity index (χ4n) is 1.29. The number of rotatable bonds is 7. The minimum absolute atomic E-state index is 0.0130. The van der Waals surface area contributed by atoms with Crippen molar-refractivity contribution >= 4 is 5.91 Å². The second-order valence-electron chi connectivity index (χ2n) is 4.16. The largest absolute Gasteiger partial charge is 0.377 e. The number of likely N-dealkylation sites (N-methyl/N-ethyl adjacent to an activating group) is 1. The normalized spacial score (nSPS) is 12.9. The molecule has 0 rings (SSSR count). The lowest BCUT2D eigenvalue weighted by atomic mass is 10.1. The Balaban J connectivity index is 3.78. The fraction of sp³-hybridized carbons (Fsp3) is 0.909. The van der Waals surface area contributed by atoms with Gasteiger partial charge in [-0.3, -0.25) is 4.79 Å². The van der Waals surface area contributed by atoms with Crippen LogP contribution in [0.5, 0.6) is 0 Å². The van der Waals surface area contributed by atoms with Crippen LogP contribution in [-0.2, 0) is 9.53 Å². The van der Waals surface area contributed by atoms with Gasteiger partial charge in [0.15, 0.2) is 0 Å². The molecule has 2 N–H and O–H groups in total. The van der Waals surface area contributed by atoms with Crippen LogP contribution in [0.3, 0.4) is 0 Å². The van der Waals surface area contributed by atoms with Crippen LogP contribution >= 0.6 is 0 Å². The van der Waals surface area contributed by atoms with Crippen LogP contribution in [0.25, 0.3) is 0 Å². The molecule has 0 saturated carbocycles. The van der Waals surface area contributed by atoms with E-state index in [1.807, 2.05) is 20.8 Å². The highest BCUT2D eigenvalue weighted by atomic mass is 16.5. The molecule has 0 saturated heterocycles. The zero-order chi connectivity index (χ0) is 11.8. The molecular formula is C11H24N2O2. The van der Waals surface area contributed by atoms with Crippen molar-refractivity contribution < 1.29 is 9.53 Å². The molecule has 0 radical (unpaired) electrons. The standard InChI is InChI=1S/C11H24N2O2/c1-9(2)15-8-7-13(4)11(14)10(3)5-6-12/h9-10H,5-8,12H2,1-4H3. The van der Waals surface area contributed by atoms with Gasteiger partial charge >= 0.3 is 0 Å². The van der Waals surface area contributed by atoms with E-state index in [0.29, 0.717) is 19.7 Å². The van der Waals surface area contributed by atoms with Gasteiger partial charge in [-0.1, -0.05) is 6.92 Å². The van der Waals surface area contributed by atoms with E-state index in [1.54, 1.807) is 11.9 Å². The Kier molecular flexibility index (Phi) is 7.34. The summed E-state index contributed by atoms with van der Waals surface area (Å²) in [5, 5.41) is 0. The predicted octanol–water partition coefficient (Wildman–Crippen LogP) is 0.855. The van der Waals surface area contributed by atoms with Crippen molar-refractivity contribution in [2.75, 3.05) is 26.7 Å². The van der Waals surface area contributed by atoms with Gasteiger partial charge in [-0.25, -0.2) is 0 Å². The summed E-state index contributed by atoms with van der Waals surface area (Å²) in [6.45, 7) is 7.68. The SMILES string of the molecule is CC(C)OCCN(C)C(=O)C(C)CCN. The molecule has 15 heavy (non-hydrogen) atoms. The zero-order valence-corrected chi connectivity index (χ0v) is 10.3. The van der Waals surface area contributed by atoms with E-state index < -0.39 is 0 Å². The van der Waals surface area contributed by atoms with Gasteiger partial charge in [-0.15, -0.1) is 0 Å². The highest BCUT2D eigenvalue weighted by Gasteiger charge is 2.16. The molecule has 0 bridgehead atoms. The van der Waals surface area contributed by atoms with Crippen LogP contribution in [0.1, 0.15) is 27.2 Å². The number of carbonyl (C=O) groups is 1. The maximum atomic E-state index is 11.7. The van der Waals surface area contributed by atoms with Gasteiger partial charge in [0, 0.05) is 19.5 Å². The third-order valence-electron chi connectivity index (χ3n) is 2.28. The molecule has 1 amide bonds. The first-order valence-corrected chi connectivity index (χ1v) is 5.55. The van der Waals surface area contributed by atoms with Gasteiger partial charge in [0.2, 0.25) is 5.91 Å². The topological polar surface area (TPSA) is 55.6 Å². The molecular weight excluding hydrogens is 192 g/mol. The van der Waals surface area contributed by atoms with E-state index in [0.717, 1.165) is 6.42 Å². The second-order valence-corrected chi connectivity index (χ2v) is 4.16. The summed E-state index contributed by atoms with van der Waals surface area (Å²) in [6.07, 6.45) is 0.962. The summed E-state index contributed by atoms with van der Waals surface area (Å²) in [7, 11) is 1.80. The molecule has 0 spiro atoms. The Morgan fingerprint density at radius 1 is 1.40 bits per heavy atom. The first-order valence-electron chi connectivity index (χ1n) is 5.55. The number of nitrogens with two attached hydrogens (primary N) is 1. The maximum absolute atomic E-state index is 11.7. The number of hydrogen-bond acceptors (Lipinski definition) is 3. The molecule has 4 heteroatoms. The molecule has 0 aliphatic rings. The average Bonchev–Trinajstić information content (AvgIpc) is 2.16. The van der Waals surface area contributed by atoms with Gasteiger partial charge in [0.25, 0.3) is 0 Å². The predicted molar refractivity (Wildman–Crippen MR) is 61.6 cm³/mol. The zero-order valence-electron chi connectivity index (χ0n) is 10.3. The molecule has 1 unspecified atom stereocenters. The first-order chi connectivity index (χ1) is 6.99. The molecule has 0 aromatic heterocycles. The summed E-state index contributed by atoms with van der Waals surface area (Å²) in [6, 6.07) is 0. The second kappa shape index (κ2) is 7.65. The third-order valence-corrected chi connectivity index (χ3v) is 2.28. The van der Waals surface area contributed by atoms with Gasteiger partial charge in [0.05, 0.1) is 12.7 Å². The minimum atomic E-state index is 0.0130. The van der Waals surface area contributed by atoms with Crippen molar-refractivity contribution in [2.45, 2.75) is 33.3 Å². The van der Waals surface area contributed by atoms with Crippen LogP contribution in [-0.4, -0.2) is 43.7 Å². The first kappa shape index (κ1) is 14.4. The molecule has 90 valence electrons. The number of nitrogens with zero attached hydrogens (tertiary/aromatic N) is 1. The highest BCUT2D eigenvalue weighted by molar-refractivity contribution is 5.78. The van der Waals surface area contributed by atoms with Crippen molar-refractivity contribution in [1.29, 1.82) is 0 Å². The van der Waals surface area contributed by atoms with Crippen molar-refractivity contribution in [1.82, 2.24) is 4.90 Å². The Morgan fingerprint density at radius 2 is 2.00 bits per heavy atom. The van der Waals surface area contributed by atoms with E-state index in [4.69, 9.17) is 10.5 Å². The van der Waals surface area contributed by atoms with Crippen LogP contribution in [0, 0.1) is 5.92 Å². The average molecular weight is 216 g/mol. The Hall–Kier alpha value is -0.610. The molecule has 0 fully saturated rings. The summed E-state index contributed by atoms with van der Waals surface area (Å²) >= 11 is 0. The molecule has 0 heterocycles. The Labute approximate surface area is 92.8 Å². The number of ether oxygens (including phenoxy) is 1. The summed E-state index contributed by atoms with van der Waals surface area (Å²) < 4.78 is 5.38. The molecule has 4 nitrogen and oxygen atoms in total. The molecule has 0 aromatic rings. The van der Waals surface area contributed by atoms with E-state index >= 15 is 0 Å². The van der Waals surface area contributed by atoms with Gasteiger partial charge in [-0.05, 0) is 26.8 Å². The number of hydrogen-bond donors (Lipinski definition) is 1. The molecule has 0 aliphatic heterocycles. The fourth-order valence-corrected chi connectivity index (χ4v) is 1.29. The van der Waals surface area contributed by atoms with Crippen molar-refractivity contribution in [2.24, 2.45) is 11.7 Å². The van der Waals surface area contributed by atoms with Gasteiger partial charge in [-0.2, -0.15) is 0 Å². The van der Waals surface area contributed by atoms with E-state index in [-0.39, 0.29) is 17.9 Å². The Morgan fingerprint density at radius 3 is 2.47 bits per heavy atom. The van der Waals surface area contributed by atoms with Crippen molar-refractivity contribution in [3.63, 3.8) is 0 Å². The van der Waals surface area contributed by atoms with Crippen LogP contribution in [0.15, 0.2) is 0 Å². The smallest absolute Gasteiger partial charge is 0.225 e. The maximum Gasteiger partial charge on any atom is 0.225 e. The number of carbonyl (C=O) groups excluding carboxylic acids is 1. The van der Waals surface area contributed by atoms with Gasteiger partial charge in [0.1, 0.15) is 0 Å². The molecule has 0 aliphatic carbocycles. The van der Waals surface area contributed by atoms with Gasteiger partial charge < -0.3 is 15.4 Å². The molecule has 1 atom stereocenters. The lowest BCUT2D eigenvalue weighted by Crippen LogP contribution is -2.35. The summed E-state index contributed by atoms with van der Waals surface area (Å²) in [5.74, 6) is 0.159.